The zero-order valence-electron chi connectivity index (χ0n) is 7.93. The summed E-state index contributed by atoms with van der Waals surface area (Å²) < 4.78 is 4.80. The summed E-state index contributed by atoms with van der Waals surface area (Å²) in [4.78, 5) is 9.96. The largest absolute Gasteiger partial charge is 0.489 e. The molecular formula is C9H8N2O4. The third kappa shape index (κ3) is 1.87. The van der Waals surface area contributed by atoms with E-state index in [1.165, 1.54) is 19.2 Å². The van der Waals surface area contributed by atoms with Crippen molar-refractivity contribution >= 4 is 5.69 Å². The van der Waals surface area contributed by atoms with Gasteiger partial charge in [-0.1, -0.05) is 0 Å². The molecule has 0 saturated carbocycles. The molecule has 1 aromatic rings. The molecule has 0 fully saturated rings. The van der Waals surface area contributed by atoms with Gasteiger partial charge in [0.05, 0.1) is 18.6 Å². The van der Waals surface area contributed by atoms with Crippen molar-refractivity contribution in [1.29, 1.82) is 5.26 Å². The molecule has 1 N–H and O–H groups in total. The topological polar surface area (TPSA) is 96.4 Å². The van der Waals surface area contributed by atoms with E-state index in [4.69, 9.17) is 15.1 Å². The van der Waals surface area contributed by atoms with Gasteiger partial charge in [-0.15, -0.1) is 0 Å². The first kappa shape index (κ1) is 10.9. The Labute approximate surface area is 85.5 Å². The lowest BCUT2D eigenvalue weighted by molar-refractivity contribution is -0.385. The van der Waals surface area contributed by atoms with Crippen LogP contribution in [0.4, 0.5) is 5.69 Å². The van der Waals surface area contributed by atoms with Crippen molar-refractivity contribution in [2.45, 2.75) is 6.61 Å². The molecule has 0 atom stereocenters. The average molecular weight is 208 g/mol. The number of nitrogens with zero attached hydrogens (tertiary/aromatic N) is 2. The highest BCUT2D eigenvalue weighted by molar-refractivity contribution is 5.60. The fraction of sp³-hybridized carbons (Fsp3) is 0.222. The van der Waals surface area contributed by atoms with Gasteiger partial charge in [0.25, 0.3) is 0 Å². The summed E-state index contributed by atoms with van der Waals surface area (Å²) in [6, 6.07) is 4.30. The van der Waals surface area contributed by atoms with Crippen molar-refractivity contribution in [3.05, 3.63) is 33.4 Å². The lowest BCUT2D eigenvalue weighted by atomic mass is 10.1. The van der Waals surface area contributed by atoms with E-state index in [2.05, 4.69) is 0 Å². The van der Waals surface area contributed by atoms with E-state index in [1.54, 1.807) is 6.07 Å². The van der Waals surface area contributed by atoms with E-state index in [0.29, 0.717) is 5.56 Å². The van der Waals surface area contributed by atoms with E-state index in [1.807, 2.05) is 0 Å². The predicted octanol–water partition coefficient (Wildman–Crippen LogP) is 0.967. The summed E-state index contributed by atoms with van der Waals surface area (Å²) in [5.74, 6) is -0.117. The van der Waals surface area contributed by atoms with E-state index in [0.717, 1.165) is 0 Å². The second-order valence-electron chi connectivity index (χ2n) is 2.68. The molecule has 0 radical (unpaired) electrons. The van der Waals surface area contributed by atoms with Gasteiger partial charge >= 0.3 is 5.69 Å². The number of aliphatic hydroxyl groups excluding tert-OH is 1. The lowest BCUT2D eigenvalue weighted by Crippen LogP contribution is -1.99. The van der Waals surface area contributed by atoms with Crippen molar-refractivity contribution < 1.29 is 14.8 Å². The molecule has 0 aliphatic carbocycles. The first-order chi connectivity index (χ1) is 7.15. The van der Waals surface area contributed by atoms with Crippen LogP contribution in [0.3, 0.4) is 0 Å². The molecule has 0 aliphatic heterocycles. The number of methoxy groups -OCH3 is 1. The summed E-state index contributed by atoms with van der Waals surface area (Å²) in [6.07, 6.45) is 0. The molecule has 0 aliphatic rings. The minimum atomic E-state index is -0.638. The normalized spacial score (nSPS) is 9.40. The van der Waals surface area contributed by atoms with Crippen LogP contribution in [-0.2, 0) is 6.61 Å². The van der Waals surface area contributed by atoms with Crippen molar-refractivity contribution in [3.8, 4) is 11.8 Å². The number of rotatable bonds is 3. The Morgan fingerprint density at radius 1 is 1.67 bits per heavy atom. The van der Waals surface area contributed by atoms with Crippen LogP contribution < -0.4 is 4.74 Å². The molecule has 0 saturated heterocycles. The molecule has 78 valence electrons. The van der Waals surface area contributed by atoms with Crippen molar-refractivity contribution in [1.82, 2.24) is 0 Å². The summed E-state index contributed by atoms with van der Waals surface area (Å²) in [6.45, 7) is -0.364. The van der Waals surface area contributed by atoms with Gasteiger partial charge < -0.3 is 9.84 Å². The monoisotopic (exact) mass is 208 g/mol. The van der Waals surface area contributed by atoms with Gasteiger partial charge in [-0.25, -0.2) is 0 Å². The molecule has 0 amide bonds. The summed E-state index contributed by atoms with van der Waals surface area (Å²) in [5.41, 5.74) is 0.0143. The van der Waals surface area contributed by atoms with Gasteiger partial charge in [0, 0.05) is 6.07 Å². The van der Waals surface area contributed by atoms with Crippen LogP contribution in [0.15, 0.2) is 12.1 Å². The summed E-state index contributed by atoms with van der Waals surface area (Å²) in [5, 5.41) is 28.3. The number of nitro benzene ring substituents is 1. The van der Waals surface area contributed by atoms with E-state index >= 15 is 0 Å². The number of benzene rings is 1. The minimum absolute atomic E-state index is 0.00537. The quantitative estimate of drug-likeness (QED) is 0.589. The zero-order valence-corrected chi connectivity index (χ0v) is 7.93. The Hall–Kier alpha value is -2.13. The molecule has 0 aromatic heterocycles. The smallest absolute Gasteiger partial charge is 0.312 e. The van der Waals surface area contributed by atoms with E-state index in [9.17, 15) is 10.1 Å². The van der Waals surface area contributed by atoms with Gasteiger partial charge in [0.15, 0.2) is 0 Å². The predicted molar refractivity (Wildman–Crippen MR) is 50.3 cm³/mol. The third-order valence-corrected chi connectivity index (χ3v) is 1.91. The van der Waals surface area contributed by atoms with Crippen LogP contribution in [0.2, 0.25) is 0 Å². The second-order valence-corrected chi connectivity index (χ2v) is 2.68. The number of nitro groups is 1. The molecule has 0 unspecified atom stereocenters. The Morgan fingerprint density at radius 3 is 2.73 bits per heavy atom. The van der Waals surface area contributed by atoms with Gasteiger partial charge in [-0.2, -0.15) is 5.26 Å². The maximum Gasteiger partial charge on any atom is 0.312 e. The van der Waals surface area contributed by atoms with E-state index < -0.39 is 4.92 Å². The molecule has 1 rings (SSSR count). The zero-order chi connectivity index (χ0) is 11.4. The van der Waals surface area contributed by atoms with Crippen LogP contribution in [0.25, 0.3) is 0 Å². The first-order valence-corrected chi connectivity index (χ1v) is 4.01. The second kappa shape index (κ2) is 4.39. The molecular weight excluding hydrogens is 200 g/mol. The average Bonchev–Trinajstić information content (AvgIpc) is 2.26. The minimum Gasteiger partial charge on any atom is -0.489 e. The molecule has 0 bridgehead atoms. The van der Waals surface area contributed by atoms with Crippen LogP contribution in [0.1, 0.15) is 11.1 Å². The van der Waals surface area contributed by atoms with Crippen molar-refractivity contribution in [2.75, 3.05) is 7.11 Å². The maximum absolute atomic E-state index is 10.6. The van der Waals surface area contributed by atoms with Crippen LogP contribution in [0.5, 0.6) is 5.75 Å². The Balaban J connectivity index is 3.50. The van der Waals surface area contributed by atoms with Gasteiger partial charge in [-0.3, -0.25) is 10.1 Å². The molecule has 0 spiro atoms. The fourth-order valence-corrected chi connectivity index (χ4v) is 1.22. The Bertz CT molecular complexity index is 436. The highest BCUT2D eigenvalue weighted by Gasteiger charge is 2.21. The maximum atomic E-state index is 10.6. The Morgan fingerprint density at radius 2 is 2.33 bits per heavy atom. The van der Waals surface area contributed by atoms with Gasteiger partial charge in [0.2, 0.25) is 5.75 Å². The highest BCUT2D eigenvalue weighted by Crippen LogP contribution is 2.32. The third-order valence-electron chi connectivity index (χ3n) is 1.91. The van der Waals surface area contributed by atoms with Crippen LogP contribution >= 0.6 is 0 Å². The summed E-state index contributed by atoms with van der Waals surface area (Å²) in [7, 11) is 1.24. The van der Waals surface area contributed by atoms with Gasteiger partial charge in [0.1, 0.15) is 11.6 Å². The SMILES string of the molecule is COc1c([N+](=O)[O-])ccc(CO)c1C#N. The molecule has 0 heterocycles. The van der Waals surface area contributed by atoms with Crippen molar-refractivity contribution in [2.24, 2.45) is 0 Å². The molecule has 1 aromatic carbocycles. The number of nitriles is 1. The van der Waals surface area contributed by atoms with Crippen molar-refractivity contribution in [3.63, 3.8) is 0 Å². The van der Waals surface area contributed by atoms with E-state index in [-0.39, 0.29) is 23.6 Å². The number of aliphatic hydroxyl groups is 1. The van der Waals surface area contributed by atoms with Crippen LogP contribution in [0, 0.1) is 21.4 Å². The van der Waals surface area contributed by atoms with Crippen LogP contribution in [-0.4, -0.2) is 17.1 Å². The summed E-state index contributed by atoms with van der Waals surface area (Å²) >= 11 is 0. The number of ether oxygens (including phenoxy) is 1. The Kier molecular flexibility index (Phi) is 3.21. The molecule has 6 heteroatoms. The van der Waals surface area contributed by atoms with Gasteiger partial charge in [-0.05, 0) is 11.6 Å². The lowest BCUT2D eigenvalue weighted by Gasteiger charge is -2.06. The molecule has 15 heavy (non-hydrogen) atoms. The standard InChI is InChI=1S/C9H8N2O4/c1-15-9-7(4-10)6(5-12)2-3-8(9)11(13)14/h2-3,12H,5H2,1H3. The highest BCUT2D eigenvalue weighted by atomic mass is 16.6. The molecule has 6 nitrogen and oxygen atoms in total. The fourth-order valence-electron chi connectivity index (χ4n) is 1.22. The number of hydrogen-bond donors (Lipinski definition) is 1. The first-order valence-electron chi connectivity index (χ1n) is 4.01. The number of hydrogen-bond acceptors (Lipinski definition) is 5.